The molecule has 17 heavy (non-hydrogen) atoms. The second kappa shape index (κ2) is 7.17. The average molecular weight is 236 g/mol. The molecule has 0 saturated heterocycles. The van der Waals surface area contributed by atoms with Gasteiger partial charge >= 0.3 is 0 Å². The van der Waals surface area contributed by atoms with Gasteiger partial charge in [0.15, 0.2) is 0 Å². The molecule has 0 aliphatic carbocycles. The van der Waals surface area contributed by atoms with E-state index in [1.807, 2.05) is 6.92 Å². The minimum Gasteiger partial charge on any atom is -0.391 e. The van der Waals surface area contributed by atoms with E-state index in [0.717, 1.165) is 25.2 Å². The fourth-order valence-electron chi connectivity index (χ4n) is 1.76. The van der Waals surface area contributed by atoms with Crippen molar-refractivity contribution in [3.05, 3.63) is 24.3 Å². The first-order chi connectivity index (χ1) is 8.21. The third-order valence-corrected chi connectivity index (χ3v) is 3.01. The van der Waals surface area contributed by atoms with E-state index >= 15 is 0 Å². The number of aliphatic hydroxyl groups excluding tert-OH is 1. The lowest BCUT2D eigenvalue weighted by Gasteiger charge is -2.21. The zero-order valence-corrected chi connectivity index (χ0v) is 11.1. The van der Waals surface area contributed by atoms with Crippen LogP contribution in [0.2, 0.25) is 0 Å². The van der Waals surface area contributed by atoms with Crippen molar-refractivity contribution in [2.45, 2.75) is 33.3 Å². The van der Waals surface area contributed by atoms with Gasteiger partial charge in [-0.1, -0.05) is 6.92 Å². The summed E-state index contributed by atoms with van der Waals surface area (Å²) < 4.78 is 0. The highest BCUT2D eigenvalue weighted by Crippen LogP contribution is 2.17. The van der Waals surface area contributed by atoms with E-state index in [1.54, 1.807) is 0 Å². The molecule has 0 spiro atoms. The fourth-order valence-corrected chi connectivity index (χ4v) is 1.76. The molecule has 3 heteroatoms. The lowest BCUT2D eigenvalue weighted by atomic mass is 10.2. The highest BCUT2D eigenvalue weighted by molar-refractivity contribution is 5.55. The van der Waals surface area contributed by atoms with Crippen molar-refractivity contribution >= 4 is 11.4 Å². The molecule has 0 saturated carbocycles. The van der Waals surface area contributed by atoms with Crippen molar-refractivity contribution in [1.82, 2.24) is 0 Å². The van der Waals surface area contributed by atoms with Gasteiger partial charge < -0.3 is 15.3 Å². The number of hydrogen-bond donors (Lipinski definition) is 2. The van der Waals surface area contributed by atoms with Crippen LogP contribution >= 0.6 is 0 Å². The summed E-state index contributed by atoms with van der Waals surface area (Å²) in [4.78, 5) is 2.31. The Morgan fingerprint density at radius 3 is 2.18 bits per heavy atom. The molecule has 0 amide bonds. The SMILES string of the molecule is CCC(O)CNc1ccc(N(CC)CC)cc1. The summed E-state index contributed by atoms with van der Waals surface area (Å²) in [6, 6.07) is 8.37. The highest BCUT2D eigenvalue weighted by atomic mass is 16.3. The Kier molecular flexibility index (Phi) is 5.84. The van der Waals surface area contributed by atoms with Gasteiger partial charge in [0.05, 0.1) is 6.10 Å². The summed E-state index contributed by atoms with van der Waals surface area (Å²) in [5.74, 6) is 0. The first kappa shape index (κ1) is 13.8. The van der Waals surface area contributed by atoms with Crippen LogP contribution in [0.25, 0.3) is 0 Å². The third-order valence-electron chi connectivity index (χ3n) is 3.01. The lowest BCUT2D eigenvalue weighted by Crippen LogP contribution is -2.21. The maximum Gasteiger partial charge on any atom is 0.0709 e. The molecule has 1 aromatic carbocycles. The number of rotatable bonds is 7. The van der Waals surface area contributed by atoms with Gasteiger partial charge in [-0.3, -0.25) is 0 Å². The molecule has 2 N–H and O–H groups in total. The van der Waals surface area contributed by atoms with Crippen LogP contribution in [0.4, 0.5) is 11.4 Å². The van der Waals surface area contributed by atoms with Gasteiger partial charge in [0.25, 0.3) is 0 Å². The van der Waals surface area contributed by atoms with Crippen LogP contribution in [0.5, 0.6) is 0 Å². The first-order valence-electron chi connectivity index (χ1n) is 6.48. The Labute approximate surface area is 104 Å². The van der Waals surface area contributed by atoms with E-state index in [0.29, 0.717) is 6.54 Å². The third kappa shape index (κ3) is 4.27. The molecule has 0 aromatic heterocycles. The summed E-state index contributed by atoms with van der Waals surface area (Å²) in [5, 5.41) is 12.7. The number of nitrogens with one attached hydrogen (secondary N) is 1. The summed E-state index contributed by atoms with van der Waals surface area (Å²) in [5.41, 5.74) is 2.31. The monoisotopic (exact) mass is 236 g/mol. The van der Waals surface area contributed by atoms with Gasteiger partial charge in [-0.2, -0.15) is 0 Å². The zero-order valence-electron chi connectivity index (χ0n) is 11.1. The molecule has 0 aliphatic heterocycles. The quantitative estimate of drug-likeness (QED) is 0.764. The Morgan fingerprint density at radius 2 is 1.71 bits per heavy atom. The molecule has 0 fully saturated rings. The van der Waals surface area contributed by atoms with Crippen LogP contribution in [-0.2, 0) is 0 Å². The Hall–Kier alpha value is -1.22. The van der Waals surface area contributed by atoms with E-state index in [9.17, 15) is 5.11 Å². The van der Waals surface area contributed by atoms with Crippen LogP contribution in [0.15, 0.2) is 24.3 Å². The Balaban J connectivity index is 2.55. The summed E-state index contributed by atoms with van der Waals surface area (Å²) >= 11 is 0. The number of benzene rings is 1. The standard InChI is InChI=1S/C14H24N2O/c1-4-14(17)11-15-12-7-9-13(10-8-12)16(5-2)6-3/h7-10,14-15,17H,4-6,11H2,1-3H3. The average Bonchev–Trinajstić information content (AvgIpc) is 2.38. The molecular formula is C14H24N2O. The van der Waals surface area contributed by atoms with Gasteiger partial charge in [0, 0.05) is 31.0 Å². The van der Waals surface area contributed by atoms with Crippen LogP contribution in [0.3, 0.4) is 0 Å². The second-order valence-electron chi connectivity index (χ2n) is 4.16. The molecule has 3 nitrogen and oxygen atoms in total. The largest absolute Gasteiger partial charge is 0.391 e. The van der Waals surface area contributed by atoms with Crippen LogP contribution in [0.1, 0.15) is 27.2 Å². The normalized spacial score (nSPS) is 12.2. The van der Waals surface area contributed by atoms with E-state index in [4.69, 9.17) is 0 Å². The molecule has 1 atom stereocenters. The molecule has 0 aliphatic rings. The summed E-state index contributed by atoms with van der Waals surface area (Å²) in [6.07, 6.45) is 0.516. The van der Waals surface area contributed by atoms with Crippen molar-refractivity contribution in [1.29, 1.82) is 0 Å². The van der Waals surface area contributed by atoms with E-state index in [1.165, 1.54) is 5.69 Å². The molecule has 1 unspecified atom stereocenters. The second-order valence-corrected chi connectivity index (χ2v) is 4.16. The zero-order chi connectivity index (χ0) is 12.7. The topological polar surface area (TPSA) is 35.5 Å². The molecule has 0 radical (unpaired) electrons. The van der Waals surface area contributed by atoms with Crippen molar-refractivity contribution in [2.24, 2.45) is 0 Å². The van der Waals surface area contributed by atoms with Gasteiger partial charge in [-0.25, -0.2) is 0 Å². The van der Waals surface area contributed by atoms with Crippen molar-refractivity contribution in [3.8, 4) is 0 Å². The molecular weight excluding hydrogens is 212 g/mol. The van der Waals surface area contributed by atoms with E-state index in [2.05, 4.69) is 48.3 Å². The molecule has 1 aromatic rings. The van der Waals surface area contributed by atoms with Gasteiger partial charge in [-0.05, 0) is 44.5 Å². The minimum absolute atomic E-state index is 0.266. The number of aliphatic hydroxyl groups is 1. The van der Waals surface area contributed by atoms with E-state index in [-0.39, 0.29) is 6.10 Å². The smallest absolute Gasteiger partial charge is 0.0709 e. The van der Waals surface area contributed by atoms with Crippen LogP contribution in [0, 0.1) is 0 Å². The number of hydrogen-bond acceptors (Lipinski definition) is 3. The maximum atomic E-state index is 9.47. The van der Waals surface area contributed by atoms with Gasteiger partial charge in [-0.15, -0.1) is 0 Å². The number of anilines is 2. The van der Waals surface area contributed by atoms with Crippen molar-refractivity contribution in [3.63, 3.8) is 0 Å². The lowest BCUT2D eigenvalue weighted by molar-refractivity contribution is 0.183. The minimum atomic E-state index is -0.266. The fraction of sp³-hybridized carbons (Fsp3) is 0.571. The predicted molar refractivity (Wildman–Crippen MR) is 74.8 cm³/mol. The van der Waals surface area contributed by atoms with Crippen molar-refractivity contribution < 1.29 is 5.11 Å². The molecule has 96 valence electrons. The maximum absolute atomic E-state index is 9.47. The number of nitrogens with zero attached hydrogens (tertiary/aromatic N) is 1. The van der Waals surface area contributed by atoms with Gasteiger partial charge in [0.1, 0.15) is 0 Å². The van der Waals surface area contributed by atoms with Crippen LogP contribution in [-0.4, -0.2) is 30.8 Å². The first-order valence-corrected chi connectivity index (χ1v) is 6.48. The van der Waals surface area contributed by atoms with Crippen LogP contribution < -0.4 is 10.2 Å². The summed E-state index contributed by atoms with van der Waals surface area (Å²) in [7, 11) is 0. The summed E-state index contributed by atoms with van der Waals surface area (Å²) in [6.45, 7) is 8.97. The molecule has 0 bridgehead atoms. The highest BCUT2D eigenvalue weighted by Gasteiger charge is 2.02. The molecule has 1 rings (SSSR count). The van der Waals surface area contributed by atoms with E-state index < -0.39 is 0 Å². The Morgan fingerprint density at radius 1 is 1.12 bits per heavy atom. The van der Waals surface area contributed by atoms with Crippen molar-refractivity contribution in [2.75, 3.05) is 29.9 Å². The Bertz CT molecular complexity index is 307. The van der Waals surface area contributed by atoms with Gasteiger partial charge in [0.2, 0.25) is 0 Å². The predicted octanol–water partition coefficient (Wildman–Crippen LogP) is 2.72. The molecule has 0 heterocycles.